The molecule has 0 aliphatic carbocycles. The Balaban J connectivity index is 2.08. The molecule has 0 aromatic carbocycles. The van der Waals surface area contributed by atoms with Gasteiger partial charge in [0.2, 0.25) is 5.76 Å². The van der Waals surface area contributed by atoms with Gasteiger partial charge in [0, 0.05) is 26.2 Å². The van der Waals surface area contributed by atoms with Crippen LogP contribution in [0.3, 0.4) is 0 Å². The number of nitrogens with one attached hydrogen (secondary N) is 1. The molecule has 6 nitrogen and oxygen atoms in total. The van der Waals surface area contributed by atoms with E-state index < -0.39 is 5.97 Å². The second-order valence-electron chi connectivity index (χ2n) is 3.70. The molecule has 0 bridgehead atoms. The number of furan rings is 1. The Hall–Kier alpha value is -1.82. The molecular formula is C11H14N2O4. The number of amides is 1. The van der Waals surface area contributed by atoms with E-state index in [1.165, 1.54) is 19.2 Å². The van der Waals surface area contributed by atoms with Gasteiger partial charge < -0.3 is 19.4 Å². The molecule has 0 radical (unpaired) electrons. The molecule has 6 heteroatoms. The van der Waals surface area contributed by atoms with Crippen molar-refractivity contribution in [3.05, 3.63) is 23.7 Å². The predicted octanol–water partition coefficient (Wildman–Crippen LogP) is 0.112. The highest BCUT2D eigenvalue weighted by Crippen LogP contribution is 2.12. The summed E-state index contributed by atoms with van der Waals surface area (Å²) in [5, 5.41) is 3.16. The van der Waals surface area contributed by atoms with E-state index in [1.54, 1.807) is 4.90 Å². The Bertz CT molecular complexity index is 421. The number of nitrogens with zero attached hydrogens (tertiary/aromatic N) is 1. The van der Waals surface area contributed by atoms with E-state index in [2.05, 4.69) is 10.1 Å². The minimum Gasteiger partial charge on any atom is -0.463 e. The summed E-state index contributed by atoms with van der Waals surface area (Å²) in [6.07, 6.45) is 0. The van der Waals surface area contributed by atoms with Gasteiger partial charge in [0.1, 0.15) is 0 Å². The van der Waals surface area contributed by atoms with Crippen LogP contribution in [0.15, 0.2) is 16.5 Å². The minimum atomic E-state index is -0.579. The summed E-state index contributed by atoms with van der Waals surface area (Å²) in [6, 6.07) is 2.94. The summed E-state index contributed by atoms with van der Waals surface area (Å²) < 4.78 is 9.67. The number of hydrogen-bond acceptors (Lipinski definition) is 5. The second-order valence-corrected chi connectivity index (χ2v) is 3.70. The minimum absolute atomic E-state index is 0.0472. The normalized spacial score (nSPS) is 15.7. The van der Waals surface area contributed by atoms with Crippen LogP contribution >= 0.6 is 0 Å². The molecule has 1 aliphatic heterocycles. The molecule has 1 saturated heterocycles. The number of piperazine rings is 1. The van der Waals surface area contributed by atoms with E-state index in [0.717, 1.165) is 13.1 Å². The standard InChI is InChI=1S/C11H14N2O4/c1-16-11(15)9-3-2-8(17-9)10(14)13-6-4-12-5-7-13/h2-3,12H,4-7H2,1H3. The Morgan fingerprint density at radius 2 is 1.94 bits per heavy atom. The number of carbonyl (C=O) groups excluding carboxylic acids is 2. The molecule has 1 aliphatic rings. The highest BCUT2D eigenvalue weighted by Gasteiger charge is 2.22. The fourth-order valence-electron chi connectivity index (χ4n) is 1.69. The lowest BCUT2D eigenvalue weighted by Crippen LogP contribution is -2.46. The van der Waals surface area contributed by atoms with Crippen molar-refractivity contribution in [2.24, 2.45) is 0 Å². The second kappa shape index (κ2) is 5.01. The lowest BCUT2D eigenvalue weighted by atomic mass is 10.3. The van der Waals surface area contributed by atoms with E-state index >= 15 is 0 Å². The molecule has 0 saturated carbocycles. The molecule has 17 heavy (non-hydrogen) atoms. The van der Waals surface area contributed by atoms with Crippen molar-refractivity contribution in [1.29, 1.82) is 0 Å². The van der Waals surface area contributed by atoms with E-state index in [-0.39, 0.29) is 17.4 Å². The number of ether oxygens (including phenoxy) is 1. The van der Waals surface area contributed by atoms with Gasteiger partial charge in [-0.2, -0.15) is 0 Å². The zero-order valence-corrected chi connectivity index (χ0v) is 9.56. The van der Waals surface area contributed by atoms with Crippen molar-refractivity contribution < 1.29 is 18.7 Å². The first-order chi connectivity index (χ1) is 8.22. The zero-order valence-electron chi connectivity index (χ0n) is 9.56. The van der Waals surface area contributed by atoms with E-state index in [0.29, 0.717) is 13.1 Å². The molecule has 0 atom stereocenters. The quantitative estimate of drug-likeness (QED) is 0.740. The number of carbonyl (C=O) groups is 2. The fourth-order valence-corrected chi connectivity index (χ4v) is 1.69. The molecule has 1 aromatic heterocycles. The van der Waals surface area contributed by atoms with Gasteiger partial charge in [-0.1, -0.05) is 0 Å². The van der Waals surface area contributed by atoms with Crippen molar-refractivity contribution in [2.45, 2.75) is 0 Å². The maximum atomic E-state index is 12.0. The Morgan fingerprint density at radius 3 is 2.59 bits per heavy atom. The smallest absolute Gasteiger partial charge is 0.373 e. The summed E-state index contributed by atoms with van der Waals surface area (Å²) >= 11 is 0. The first-order valence-corrected chi connectivity index (χ1v) is 5.40. The average molecular weight is 238 g/mol. The molecule has 1 fully saturated rings. The molecule has 0 unspecified atom stereocenters. The fraction of sp³-hybridized carbons (Fsp3) is 0.455. The van der Waals surface area contributed by atoms with Gasteiger partial charge >= 0.3 is 5.97 Å². The van der Waals surface area contributed by atoms with Crippen LogP contribution in [0.4, 0.5) is 0 Å². The SMILES string of the molecule is COC(=O)c1ccc(C(=O)N2CCNCC2)o1. The Labute approximate surface area is 98.5 Å². The van der Waals surface area contributed by atoms with Crippen molar-refractivity contribution in [3.63, 3.8) is 0 Å². The van der Waals surface area contributed by atoms with Crippen LogP contribution in [0.2, 0.25) is 0 Å². The third-order valence-corrected chi connectivity index (χ3v) is 2.61. The van der Waals surface area contributed by atoms with E-state index in [1.807, 2.05) is 0 Å². The topological polar surface area (TPSA) is 71.8 Å². The first kappa shape index (κ1) is 11.7. The average Bonchev–Trinajstić information content (AvgIpc) is 2.87. The molecule has 1 N–H and O–H groups in total. The van der Waals surface area contributed by atoms with Gasteiger partial charge in [-0.05, 0) is 12.1 Å². The lowest BCUT2D eigenvalue weighted by Gasteiger charge is -2.26. The maximum absolute atomic E-state index is 12.0. The van der Waals surface area contributed by atoms with Crippen LogP contribution in [-0.4, -0.2) is 50.1 Å². The van der Waals surface area contributed by atoms with Crippen LogP contribution in [0.25, 0.3) is 0 Å². The van der Waals surface area contributed by atoms with Crippen LogP contribution in [0, 0.1) is 0 Å². The highest BCUT2D eigenvalue weighted by atomic mass is 16.5. The molecule has 92 valence electrons. The van der Waals surface area contributed by atoms with Gasteiger partial charge in [-0.3, -0.25) is 4.79 Å². The molecule has 0 spiro atoms. The lowest BCUT2D eigenvalue weighted by molar-refractivity contribution is 0.0558. The van der Waals surface area contributed by atoms with Crippen LogP contribution in [-0.2, 0) is 4.74 Å². The van der Waals surface area contributed by atoms with E-state index in [9.17, 15) is 9.59 Å². The number of methoxy groups -OCH3 is 1. The molecular weight excluding hydrogens is 224 g/mol. The van der Waals surface area contributed by atoms with Gasteiger partial charge in [0.15, 0.2) is 5.76 Å². The molecule has 1 aromatic rings. The third kappa shape index (κ3) is 2.47. The van der Waals surface area contributed by atoms with Crippen LogP contribution in [0.1, 0.15) is 21.1 Å². The first-order valence-electron chi connectivity index (χ1n) is 5.40. The van der Waals surface area contributed by atoms with Gasteiger partial charge in [-0.15, -0.1) is 0 Å². The summed E-state index contributed by atoms with van der Waals surface area (Å²) in [7, 11) is 1.27. The zero-order chi connectivity index (χ0) is 12.3. The maximum Gasteiger partial charge on any atom is 0.373 e. The summed E-state index contributed by atoms with van der Waals surface area (Å²) in [4.78, 5) is 24.8. The van der Waals surface area contributed by atoms with Crippen molar-refractivity contribution in [2.75, 3.05) is 33.3 Å². The van der Waals surface area contributed by atoms with Crippen LogP contribution in [0.5, 0.6) is 0 Å². The summed E-state index contributed by atoms with van der Waals surface area (Å²) in [6.45, 7) is 2.84. The number of esters is 1. The van der Waals surface area contributed by atoms with Gasteiger partial charge in [0.25, 0.3) is 5.91 Å². The summed E-state index contributed by atoms with van der Waals surface area (Å²) in [5.41, 5.74) is 0. The Kier molecular flexibility index (Phi) is 3.43. The third-order valence-electron chi connectivity index (χ3n) is 2.61. The Morgan fingerprint density at radius 1 is 1.29 bits per heavy atom. The monoisotopic (exact) mass is 238 g/mol. The van der Waals surface area contributed by atoms with Crippen molar-refractivity contribution >= 4 is 11.9 Å². The highest BCUT2D eigenvalue weighted by molar-refractivity contribution is 5.94. The van der Waals surface area contributed by atoms with E-state index in [4.69, 9.17) is 4.42 Å². The predicted molar refractivity (Wildman–Crippen MR) is 58.8 cm³/mol. The largest absolute Gasteiger partial charge is 0.463 e. The van der Waals surface area contributed by atoms with Crippen molar-refractivity contribution in [3.8, 4) is 0 Å². The van der Waals surface area contributed by atoms with Crippen LogP contribution < -0.4 is 5.32 Å². The molecule has 2 heterocycles. The van der Waals surface area contributed by atoms with Gasteiger partial charge in [0.05, 0.1) is 7.11 Å². The molecule has 2 rings (SSSR count). The number of rotatable bonds is 2. The van der Waals surface area contributed by atoms with Crippen molar-refractivity contribution in [1.82, 2.24) is 10.2 Å². The molecule has 1 amide bonds. The number of hydrogen-bond donors (Lipinski definition) is 1. The van der Waals surface area contributed by atoms with Gasteiger partial charge in [-0.25, -0.2) is 4.79 Å². The summed E-state index contributed by atoms with van der Waals surface area (Å²) in [5.74, 6) is -0.552.